The average Bonchev–Trinajstić information content (AvgIpc) is 2.10. The summed E-state index contributed by atoms with van der Waals surface area (Å²) < 4.78 is 4.93. The first kappa shape index (κ1) is 13.4. The normalized spacial score (nSPS) is 13.6. The number of carboxylic acid groups (broad SMARTS) is 1. The maximum atomic E-state index is 10.5. The lowest BCUT2D eigenvalue weighted by molar-refractivity contribution is -0.139. The minimum absolute atomic E-state index is 0.274. The highest BCUT2D eigenvalue weighted by Gasteiger charge is 2.18. The zero-order valence-electron chi connectivity index (χ0n) is 9.06. The molecule has 0 saturated carbocycles. The summed E-state index contributed by atoms with van der Waals surface area (Å²) in [4.78, 5) is 12.5. The van der Waals surface area contributed by atoms with Crippen molar-refractivity contribution in [3.63, 3.8) is 0 Å². The molecule has 84 valence electrons. The van der Waals surface area contributed by atoms with Crippen molar-refractivity contribution in [3.05, 3.63) is 0 Å². The Hall–Kier alpha value is -0.650. The van der Waals surface area contributed by atoms with Crippen LogP contribution in [0.1, 0.15) is 13.8 Å². The molecule has 0 aliphatic rings. The molecule has 0 heterocycles. The standard InChI is InChI=1S/C9H20N2O3/c1-7(2)11(4-5-14-3)6-8(10)9(12)13/h7-8H,4-6,10H2,1-3H3,(H,12,13). The molecule has 0 aliphatic carbocycles. The van der Waals surface area contributed by atoms with Crippen LogP contribution in [0.25, 0.3) is 0 Å². The molecular weight excluding hydrogens is 184 g/mol. The zero-order valence-corrected chi connectivity index (χ0v) is 9.06. The third-order valence-electron chi connectivity index (χ3n) is 2.06. The van der Waals surface area contributed by atoms with Gasteiger partial charge in [-0.05, 0) is 13.8 Å². The van der Waals surface area contributed by atoms with Crippen LogP contribution < -0.4 is 5.73 Å². The first-order valence-electron chi connectivity index (χ1n) is 4.70. The lowest BCUT2D eigenvalue weighted by Crippen LogP contribution is -2.46. The second kappa shape index (κ2) is 6.75. The second-order valence-corrected chi connectivity index (χ2v) is 3.53. The van der Waals surface area contributed by atoms with Gasteiger partial charge in [-0.2, -0.15) is 0 Å². The molecule has 5 heteroatoms. The number of hydrogen-bond acceptors (Lipinski definition) is 4. The van der Waals surface area contributed by atoms with Gasteiger partial charge < -0.3 is 15.6 Å². The van der Waals surface area contributed by atoms with Crippen molar-refractivity contribution < 1.29 is 14.6 Å². The van der Waals surface area contributed by atoms with Gasteiger partial charge in [0.2, 0.25) is 0 Å². The van der Waals surface area contributed by atoms with E-state index in [4.69, 9.17) is 15.6 Å². The van der Waals surface area contributed by atoms with E-state index in [9.17, 15) is 4.79 Å². The van der Waals surface area contributed by atoms with Crippen LogP contribution in [0.2, 0.25) is 0 Å². The molecule has 0 saturated heterocycles. The van der Waals surface area contributed by atoms with E-state index in [2.05, 4.69) is 0 Å². The van der Waals surface area contributed by atoms with Crippen LogP contribution in [0.3, 0.4) is 0 Å². The number of hydrogen-bond donors (Lipinski definition) is 2. The van der Waals surface area contributed by atoms with Crippen LogP contribution in [-0.4, -0.2) is 54.9 Å². The Balaban J connectivity index is 4.02. The average molecular weight is 204 g/mol. The van der Waals surface area contributed by atoms with Gasteiger partial charge in [0.1, 0.15) is 6.04 Å². The first-order valence-corrected chi connectivity index (χ1v) is 4.70. The topological polar surface area (TPSA) is 75.8 Å². The van der Waals surface area contributed by atoms with Crippen molar-refractivity contribution in [3.8, 4) is 0 Å². The van der Waals surface area contributed by atoms with Gasteiger partial charge in [0.25, 0.3) is 0 Å². The fraction of sp³-hybridized carbons (Fsp3) is 0.889. The number of nitrogens with two attached hydrogens (primary N) is 1. The minimum Gasteiger partial charge on any atom is -0.480 e. The number of carboxylic acids is 1. The maximum absolute atomic E-state index is 10.5. The number of ether oxygens (including phenoxy) is 1. The Morgan fingerprint density at radius 2 is 2.14 bits per heavy atom. The van der Waals surface area contributed by atoms with Crippen molar-refractivity contribution in [2.45, 2.75) is 25.9 Å². The molecule has 0 radical (unpaired) electrons. The van der Waals surface area contributed by atoms with E-state index >= 15 is 0 Å². The molecule has 0 aromatic rings. The summed E-state index contributed by atoms with van der Waals surface area (Å²) in [6, 6.07) is -0.551. The predicted molar refractivity (Wildman–Crippen MR) is 54.2 cm³/mol. The van der Waals surface area contributed by atoms with Gasteiger partial charge in [-0.1, -0.05) is 0 Å². The molecule has 1 atom stereocenters. The van der Waals surface area contributed by atoms with Crippen LogP contribution in [0.5, 0.6) is 0 Å². The van der Waals surface area contributed by atoms with Crippen LogP contribution >= 0.6 is 0 Å². The summed E-state index contributed by atoms with van der Waals surface area (Å²) in [7, 11) is 1.62. The Morgan fingerprint density at radius 1 is 1.57 bits per heavy atom. The van der Waals surface area contributed by atoms with Crippen LogP contribution in [-0.2, 0) is 9.53 Å². The van der Waals surface area contributed by atoms with Crippen molar-refractivity contribution in [1.29, 1.82) is 0 Å². The van der Waals surface area contributed by atoms with E-state index in [0.29, 0.717) is 19.7 Å². The highest BCUT2D eigenvalue weighted by Crippen LogP contribution is 1.99. The molecule has 3 N–H and O–H groups in total. The van der Waals surface area contributed by atoms with E-state index in [-0.39, 0.29) is 6.04 Å². The number of carbonyl (C=O) groups is 1. The summed E-state index contributed by atoms with van der Waals surface area (Å²) in [5, 5.41) is 8.66. The highest BCUT2D eigenvalue weighted by molar-refractivity contribution is 5.73. The van der Waals surface area contributed by atoms with Gasteiger partial charge in [-0.15, -0.1) is 0 Å². The Bertz CT molecular complexity index is 173. The van der Waals surface area contributed by atoms with Gasteiger partial charge in [-0.25, -0.2) is 0 Å². The molecule has 14 heavy (non-hydrogen) atoms. The Labute approximate surface area is 84.8 Å². The van der Waals surface area contributed by atoms with Gasteiger partial charge in [-0.3, -0.25) is 9.69 Å². The zero-order chi connectivity index (χ0) is 11.1. The SMILES string of the molecule is COCCN(CC(N)C(=O)O)C(C)C. The molecule has 5 nitrogen and oxygen atoms in total. The van der Waals surface area contributed by atoms with E-state index in [1.807, 2.05) is 18.7 Å². The predicted octanol–water partition coefficient (Wildman–Crippen LogP) is -0.245. The van der Waals surface area contributed by atoms with Gasteiger partial charge in [0.05, 0.1) is 6.61 Å². The Morgan fingerprint density at radius 3 is 2.50 bits per heavy atom. The molecule has 0 aliphatic heterocycles. The van der Waals surface area contributed by atoms with Crippen molar-refractivity contribution in [2.24, 2.45) is 5.73 Å². The van der Waals surface area contributed by atoms with Gasteiger partial charge >= 0.3 is 5.97 Å². The molecule has 0 rings (SSSR count). The summed E-state index contributed by atoms with van der Waals surface area (Å²) in [5.41, 5.74) is 5.44. The number of rotatable bonds is 7. The van der Waals surface area contributed by atoms with E-state index in [0.717, 1.165) is 0 Å². The number of aliphatic carboxylic acids is 1. The fourth-order valence-corrected chi connectivity index (χ4v) is 1.10. The quantitative estimate of drug-likeness (QED) is 0.598. The van der Waals surface area contributed by atoms with Gasteiger partial charge in [0, 0.05) is 26.2 Å². The fourth-order valence-electron chi connectivity index (χ4n) is 1.10. The van der Waals surface area contributed by atoms with Crippen molar-refractivity contribution >= 4 is 5.97 Å². The molecule has 0 aromatic carbocycles. The van der Waals surface area contributed by atoms with Crippen molar-refractivity contribution in [1.82, 2.24) is 4.90 Å². The lowest BCUT2D eigenvalue weighted by Gasteiger charge is -2.27. The summed E-state index contributed by atoms with van der Waals surface area (Å²) in [6.45, 7) is 5.66. The van der Waals surface area contributed by atoms with E-state index in [1.54, 1.807) is 7.11 Å². The van der Waals surface area contributed by atoms with Crippen LogP contribution in [0.4, 0.5) is 0 Å². The van der Waals surface area contributed by atoms with E-state index in [1.165, 1.54) is 0 Å². The molecule has 1 unspecified atom stereocenters. The third kappa shape index (κ3) is 5.16. The summed E-state index contributed by atoms with van der Waals surface area (Å²) in [5.74, 6) is -0.965. The summed E-state index contributed by atoms with van der Waals surface area (Å²) >= 11 is 0. The largest absolute Gasteiger partial charge is 0.480 e. The van der Waals surface area contributed by atoms with Crippen molar-refractivity contribution in [2.75, 3.05) is 26.8 Å². The molecular formula is C9H20N2O3. The molecule has 0 bridgehead atoms. The second-order valence-electron chi connectivity index (χ2n) is 3.53. The number of nitrogens with zero attached hydrogens (tertiary/aromatic N) is 1. The lowest BCUT2D eigenvalue weighted by atomic mass is 10.2. The summed E-state index contributed by atoms with van der Waals surface area (Å²) in [6.07, 6.45) is 0. The smallest absolute Gasteiger partial charge is 0.321 e. The highest BCUT2D eigenvalue weighted by atomic mass is 16.5. The molecule has 0 aromatic heterocycles. The Kier molecular flexibility index (Phi) is 6.44. The number of methoxy groups -OCH3 is 1. The van der Waals surface area contributed by atoms with E-state index < -0.39 is 12.0 Å². The first-order chi connectivity index (χ1) is 6.49. The maximum Gasteiger partial charge on any atom is 0.321 e. The third-order valence-corrected chi connectivity index (χ3v) is 2.06. The monoisotopic (exact) mass is 204 g/mol. The molecule has 0 fully saturated rings. The molecule has 0 amide bonds. The minimum atomic E-state index is -0.965. The van der Waals surface area contributed by atoms with Gasteiger partial charge in [0.15, 0.2) is 0 Å². The van der Waals surface area contributed by atoms with Crippen LogP contribution in [0, 0.1) is 0 Å². The van der Waals surface area contributed by atoms with Crippen LogP contribution in [0.15, 0.2) is 0 Å². The molecule has 0 spiro atoms.